The van der Waals surface area contributed by atoms with Crippen LogP contribution in [0.5, 0.6) is 0 Å². The largest absolute Gasteiger partial charge is 0.459 e. The fourth-order valence-corrected chi connectivity index (χ4v) is 2.49. The van der Waals surface area contributed by atoms with Crippen molar-refractivity contribution in [2.24, 2.45) is 5.92 Å². The number of amides is 1. The molecule has 0 aromatic heterocycles. The number of nitrogens with one attached hydrogen (secondary N) is 1. The highest BCUT2D eigenvalue weighted by Gasteiger charge is 2.35. The molecule has 32 heavy (non-hydrogen) atoms. The maximum atomic E-state index is 13.0. The maximum absolute atomic E-state index is 13.0. The lowest BCUT2D eigenvalue weighted by molar-refractivity contribution is -0.167. The third-order valence-electron chi connectivity index (χ3n) is 3.62. The second kappa shape index (κ2) is 11.6. The van der Waals surface area contributed by atoms with E-state index in [1.54, 1.807) is 76.2 Å². The monoisotopic (exact) mass is 458 g/mol. The van der Waals surface area contributed by atoms with Crippen LogP contribution in [-0.2, 0) is 33.4 Å². The number of carbonyl (C=O) groups excluding carboxylic acids is 4. The van der Waals surface area contributed by atoms with Crippen LogP contribution >= 0.6 is 0 Å². The lowest BCUT2D eigenvalue weighted by atomic mass is 10.1. The number of esters is 3. The Hall–Kier alpha value is -2.16. The van der Waals surface area contributed by atoms with Crippen molar-refractivity contribution >= 4 is 23.8 Å². The summed E-state index contributed by atoms with van der Waals surface area (Å²) in [6.07, 6.45) is 0. The molecule has 1 unspecified atom stereocenters. The van der Waals surface area contributed by atoms with Gasteiger partial charge in [0.2, 0.25) is 5.91 Å². The molecule has 1 amide bonds. The van der Waals surface area contributed by atoms with Gasteiger partial charge in [-0.3, -0.25) is 24.1 Å². The van der Waals surface area contributed by atoms with E-state index in [2.05, 4.69) is 5.32 Å². The molecule has 0 saturated carbocycles. The minimum absolute atomic E-state index is 0.141. The second-order valence-corrected chi connectivity index (χ2v) is 11.0. The number of hydrogen-bond acceptors (Lipinski definition) is 8. The van der Waals surface area contributed by atoms with E-state index in [9.17, 15) is 19.2 Å². The molecule has 0 aliphatic rings. The summed E-state index contributed by atoms with van der Waals surface area (Å²) in [5, 5.41) is 2.69. The zero-order valence-corrected chi connectivity index (χ0v) is 21.6. The van der Waals surface area contributed by atoms with Crippen molar-refractivity contribution in [2.45, 2.75) is 99.0 Å². The Labute approximate surface area is 192 Å². The number of ether oxygens (including phenoxy) is 3. The molecular formula is C23H42N2O7. The molecule has 186 valence electrons. The standard InChI is InChI=1S/C23H42N2O7/c1-15(2)19(28)24-12-16(20(29)32-23(9,10)11)25(13-17(26)30-21(3,4)5)14-18(27)31-22(6,7)8/h15-16H,12-14H2,1-11H3,(H,24,28). The SMILES string of the molecule is CC(C)C(=O)NCC(C(=O)OC(C)(C)C)N(CC(=O)OC(C)(C)C)CC(=O)OC(C)(C)C. The van der Waals surface area contributed by atoms with Gasteiger partial charge in [0.15, 0.2) is 0 Å². The molecule has 0 heterocycles. The van der Waals surface area contributed by atoms with Crippen LogP contribution < -0.4 is 5.32 Å². The van der Waals surface area contributed by atoms with Crippen LogP contribution in [0.1, 0.15) is 76.2 Å². The molecule has 0 fully saturated rings. The van der Waals surface area contributed by atoms with Crippen LogP contribution in [-0.4, -0.2) is 71.2 Å². The van der Waals surface area contributed by atoms with Crippen LogP contribution in [0.25, 0.3) is 0 Å². The van der Waals surface area contributed by atoms with Gasteiger partial charge in [-0.05, 0) is 62.3 Å². The summed E-state index contributed by atoms with van der Waals surface area (Å²) in [7, 11) is 0. The number of rotatable bonds is 9. The Morgan fingerprint density at radius 3 is 1.41 bits per heavy atom. The lowest BCUT2D eigenvalue weighted by Crippen LogP contribution is -2.54. The van der Waals surface area contributed by atoms with E-state index in [1.165, 1.54) is 4.90 Å². The summed E-state index contributed by atoms with van der Waals surface area (Å²) in [4.78, 5) is 51.5. The minimum Gasteiger partial charge on any atom is -0.459 e. The first-order valence-corrected chi connectivity index (χ1v) is 10.9. The summed E-state index contributed by atoms with van der Waals surface area (Å²) < 4.78 is 16.2. The van der Waals surface area contributed by atoms with Crippen LogP contribution in [0.3, 0.4) is 0 Å². The predicted molar refractivity (Wildman–Crippen MR) is 121 cm³/mol. The quantitative estimate of drug-likeness (QED) is 0.414. The molecule has 0 radical (unpaired) electrons. The van der Waals surface area contributed by atoms with Gasteiger partial charge in [0, 0.05) is 12.5 Å². The van der Waals surface area contributed by atoms with Gasteiger partial charge in [0.05, 0.1) is 13.1 Å². The molecule has 0 aromatic rings. The minimum atomic E-state index is -1.10. The van der Waals surface area contributed by atoms with Crippen LogP contribution in [0, 0.1) is 5.92 Å². The van der Waals surface area contributed by atoms with E-state index in [-0.39, 0.29) is 31.5 Å². The first-order chi connectivity index (χ1) is 14.2. The molecule has 1 N–H and O–H groups in total. The number of hydrogen-bond donors (Lipinski definition) is 1. The Balaban J connectivity index is 5.91. The van der Waals surface area contributed by atoms with E-state index in [0.29, 0.717) is 0 Å². The molecule has 0 spiro atoms. The zero-order valence-electron chi connectivity index (χ0n) is 21.6. The third kappa shape index (κ3) is 14.0. The maximum Gasteiger partial charge on any atom is 0.325 e. The smallest absolute Gasteiger partial charge is 0.325 e. The first kappa shape index (κ1) is 29.8. The zero-order chi connectivity index (χ0) is 25.5. The van der Waals surface area contributed by atoms with Gasteiger partial charge in [0.25, 0.3) is 0 Å². The van der Waals surface area contributed by atoms with Crippen molar-refractivity contribution in [2.75, 3.05) is 19.6 Å². The molecule has 9 heteroatoms. The summed E-state index contributed by atoms with van der Waals surface area (Å²) >= 11 is 0. The van der Waals surface area contributed by atoms with Gasteiger partial charge in [-0.1, -0.05) is 13.8 Å². The van der Waals surface area contributed by atoms with Gasteiger partial charge in [-0.15, -0.1) is 0 Å². The molecule has 0 rings (SSSR count). The topological polar surface area (TPSA) is 111 Å². The highest BCUT2D eigenvalue weighted by Crippen LogP contribution is 2.15. The predicted octanol–water partition coefficient (Wildman–Crippen LogP) is 2.45. The summed E-state index contributed by atoms with van der Waals surface area (Å²) in [6, 6.07) is -1.10. The molecule has 1 atom stereocenters. The molecule has 9 nitrogen and oxygen atoms in total. The Morgan fingerprint density at radius 2 is 1.09 bits per heavy atom. The average Bonchev–Trinajstić information content (AvgIpc) is 2.48. The molecular weight excluding hydrogens is 416 g/mol. The van der Waals surface area contributed by atoms with Crippen molar-refractivity contribution in [3.8, 4) is 0 Å². The van der Waals surface area contributed by atoms with Gasteiger partial charge < -0.3 is 19.5 Å². The normalized spacial score (nSPS) is 13.5. The molecule has 0 aliphatic heterocycles. The van der Waals surface area contributed by atoms with Crippen LogP contribution in [0.4, 0.5) is 0 Å². The molecule has 0 aliphatic carbocycles. The van der Waals surface area contributed by atoms with Gasteiger partial charge in [-0.25, -0.2) is 0 Å². The van der Waals surface area contributed by atoms with Crippen LogP contribution in [0.2, 0.25) is 0 Å². The summed E-state index contributed by atoms with van der Waals surface area (Å²) in [5.74, 6) is -2.49. The average molecular weight is 459 g/mol. The molecule has 0 saturated heterocycles. The molecule has 0 aromatic carbocycles. The van der Waals surface area contributed by atoms with Crippen molar-refractivity contribution in [1.82, 2.24) is 10.2 Å². The second-order valence-electron chi connectivity index (χ2n) is 11.0. The van der Waals surface area contributed by atoms with E-state index in [4.69, 9.17) is 14.2 Å². The Kier molecular flexibility index (Phi) is 10.8. The van der Waals surface area contributed by atoms with Gasteiger partial charge >= 0.3 is 17.9 Å². The fraction of sp³-hybridized carbons (Fsp3) is 0.826. The lowest BCUT2D eigenvalue weighted by Gasteiger charge is -2.33. The van der Waals surface area contributed by atoms with Crippen molar-refractivity contribution in [3.63, 3.8) is 0 Å². The fourth-order valence-electron chi connectivity index (χ4n) is 2.49. The number of carbonyl (C=O) groups is 4. The van der Waals surface area contributed by atoms with E-state index in [0.717, 1.165) is 0 Å². The molecule has 0 bridgehead atoms. The van der Waals surface area contributed by atoms with E-state index < -0.39 is 40.8 Å². The first-order valence-electron chi connectivity index (χ1n) is 10.9. The Bertz CT molecular complexity index is 637. The van der Waals surface area contributed by atoms with E-state index >= 15 is 0 Å². The van der Waals surface area contributed by atoms with Crippen molar-refractivity contribution < 1.29 is 33.4 Å². The Morgan fingerprint density at radius 1 is 0.719 bits per heavy atom. The van der Waals surface area contributed by atoms with Gasteiger partial charge in [-0.2, -0.15) is 0 Å². The summed E-state index contributed by atoms with van der Waals surface area (Å²) in [5.41, 5.74) is -2.30. The summed E-state index contributed by atoms with van der Waals surface area (Å²) in [6.45, 7) is 18.0. The third-order valence-corrected chi connectivity index (χ3v) is 3.62. The van der Waals surface area contributed by atoms with Crippen molar-refractivity contribution in [3.05, 3.63) is 0 Å². The van der Waals surface area contributed by atoms with Gasteiger partial charge in [0.1, 0.15) is 22.8 Å². The van der Waals surface area contributed by atoms with Crippen molar-refractivity contribution in [1.29, 1.82) is 0 Å². The highest BCUT2D eigenvalue weighted by molar-refractivity contribution is 5.82. The van der Waals surface area contributed by atoms with Crippen LogP contribution in [0.15, 0.2) is 0 Å². The van der Waals surface area contributed by atoms with E-state index in [1.807, 2.05) is 0 Å². The number of nitrogens with zero attached hydrogens (tertiary/aromatic N) is 1. The highest BCUT2D eigenvalue weighted by atomic mass is 16.6.